The summed E-state index contributed by atoms with van der Waals surface area (Å²) in [4.78, 5) is 43.6. The number of nitriles is 1. The van der Waals surface area contributed by atoms with Crippen LogP contribution < -0.4 is 10.6 Å². The number of carbonyl (C=O) groups excluding carboxylic acids is 3. The van der Waals surface area contributed by atoms with Gasteiger partial charge in [-0.05, 0) is 55.7 Å². The molecule has 8 nitrogen and oxygen atoms in total. The van der Waals surface area contributed by atoms with Crippen molar-refractivity contribution in [3.63, 3.8) is 0 Å². The molecule has 3 aliphatic rings. The molecule has 1 aromatic heterocycles. The third kappa shape index (κ3) is 4.12. The second kappa shape index (κ2) is 9.12. The van der Waals surface area contributed by atoms with Crippen LogP contribution in [0.25, 0.3) is 10.9 Å². The summed E-state index contributed by atoms with van der Waals surface area (Å²) in [6.07, 6.45) is 3.77. The molecule has 5 unspecified atom stereocenters. The Morgan fingerprint density at radius 3 is 2.79 bits per heavy atom. The minimum Gasteiger partial charge on any atom is -0.356 e. The summed E-state index contributed by atoms with van der Waals surface area (Å²) in [7, 11) is 0. The average molecular weight is 502 g/mol. The first-order valence-corrected chi connectivity index (χ1v) is 12.4. The summed E-state index contributed by atoms with van der Waals surface area (Å²) in [5.41, 5.74) is 0.997. The Balaban J connectivity index is 1.38. The van der Waals surface area contributed by atoms with Gasteiger partial charge in [0.05, 0.1) is 11.1 Å². The summed E-state index contributed by atoms with van der Waals surface area (Å²) >= 11 is 12.4. The summed E-state index contributed by atoms with van der Waals surface area (Å²) < 4.78 is 0. The second-order valence-corrected chi connectivity index (χ2v) is 10.3. The molecule has 1 aliphatic carbocycles. The number of benzene rings is 1. The fourth-order valence-electron chi connectivity index (χ4n) is 5.84. The quantitative estimate of drug-likeness (QED) is 0.582. The van der Waals surface area contributed by atoms with E-state index >= 15 is 0 Å². The summed E-state index contributed by atoms with van der Waals surface area (Å²) in [5, 5.41) is 16.8. The van der Waals surface area contributed by atoms with E-state index < -0.39 is 12.1 Å². The Morgan fingerprint density at radius 2 is 2.06 bits per heavy atom. The van der Waals surface area contributed by atoms with Gasteiger partial charge in [-0.2, -0.15) is 5.26 Å². The minimum absolute atomic E-state index is 0.0560. The molecule has 2 aromatic rings. The fraction of sp³-hybridized carbons (Fsp3) is 0.500. The van der Waals surface area contributed by atoms with Crippen molar-refractivity contribution >= 4 is 51.8 Å². The van der Waals surface area contributed by atoms with Gasteiger partial charge in [0.2, 0.25) is 11.8 Å². The molecular formula is C24H25Cl2N5O3. The molecule has 5 rings (SSSR count). The smallest absolute Gasteiger partial charge is 0.271 e. The van der Waals surface area contributed by atoms with Crippen LogP contribution in [0, 0.1) is 29.1 Å². The van der Waals surface area contributed by atoms with Crippen molar-refractivity contribution in [1.29, 1.82) is 5.26 Å². The fourth-order valence-corrected chi connectivity index (χ4v) is 6.38. The SMILES string of the molecule is N#CC(CC1CCNC1=O)NC(=O)C1C2CCCC2CN1C(=O)c1cc2c(Cl)cc(Cl)cc2[nH]1. The Kier molecular flexibility index (Phi) is 6.17. The lowest BCUT2D eigenvalue weighted by Crippen LogP contribution is -2.51. The van der Waals surface area contributed by atoms with Gasteiger partial charge in [0.15, 0.2) is 0 Å². The van der Waals surface area contributed by atoms with Crippen LogP contribution in [0.4, 0.5) is 0 Å². The number of amides is 3. The highest BCUT2D eigenvalue weighted by atomic mass is 35.5. The number of nitrogens with zero attached hydrogens (tertiary/aromatic N) is 2. The second-order valence-electron chi connectivity index (χ2n) is 9.49. The molecule has 34 heavy (non-hydrogen) atoms. The predicted molar refractivity (Wildman–Crippen MR) is 127 cm³/mol. The summed E-state index contributed by atoms with van der Waals surface area (Å²) in [6.45, 7) is 1.08. The monoisotopic (exact) mass is 501 g/mol. The van der Waals surface area contributed by atoms with Crippen molar-refractivity contribution in [2.24, 2.45) is 17.8 Å². The van der Waals surface area contributed by atoms with Crippen molar-refractivity contribution < 1.29 is 14.4 Å². The molecule has 0 radical (unpaired) electrons. The van der Waals surface area contributed by atoms with Crippen LogP contribution in [0.1, 0.15) is 42.6 Å². The first-order valence-electron chi connectivity index (χ1n) is 11.6. The van der Waals surface area contributed by atoms with Crippen molar-refractivity contribution in [3.05, 3.63) is 33.9 Å². The van der Waals surface area contributed by atoms with E-state index in [-0.39, 0.29) is 41.9 Å². The Bertz CT molecular complexity index is 1210. The van der Waals surface area contributed by atoms with Crippen molar-refractivity contribution in [1.82, 2.24) is 20.5 Å². The molecule has 3 N–H and O–H groups in total. The van der Waals surface area contributed by atoms with Crippen LogP contribution in [-0.2, 0) is 9.59 Å². The Hall–Kier alpha value is -2.76. The number of likely N-dealkylation sites (tertiary alicyclic amines) is 1. The largest absolute Gasteiger partial charge is 0.356 e. The Labute approximate surface area is 206 Å². The lowest BCUT2D eigenvalue weighted by molar-refractivity contribution is -0.127. The highest BCUT2D eigenvalue weighted by Crippen LogP contribution is 2.43. The van der Waals surface area contributed by atoms with Crippen molar-refractivity contribution in [2.45, 2.75) is 44.2 Å². The lowest BCUT2D eigenvalue weighted by Gasteiger charge is -2.28. The van der Waals surface area contributed by atoms with Crippen LogP contribution in [0.3, 0.4) is 0 Å². The number of hydrogen-bond donors (Lipinski definition) is 3. The number of nitrogens with one attached hydrogen (secondary N) is 3. The van der Waals surface area contributed by atoms with E-state index in [2.05, 4.69) is 21.7 Å². The molecule has 3 heterocycles. The van der Waals surface area contributed by atoms with Gasteiger partial charge in [-0.1, -0.05) is 29.6 Å². The average Bonchev–Trinajstić information content (AvgIpc) is 3.56. The zero-order valence-electron chi connectivity index (χ0n) is 18.4. The van der Waals surface area contributed by atoms with E-state index in [1.807, 2.05) is 0 Å². The molecule has 5 atom stereocenters. The molecule has 0 bridgehead atoms. The van der Waals surface area contributed by atoms with Gasteiger partial charge in [0, 0.05) is 34.9 Å². The third-order valence-corrected chi connectivity index (χ3v) is 7.99. The van der Waals surface area contributed by atoms with Crippen LogP contribution in [0.5, 0.6) is 0 Å². The van der Waals surface area contributed by atoms with E-state index in [1.165, 1.54) is 0 Å². The number of aromatic nitrogens is 1. The number of rotatable bonds is 5. The number of carbonyl (C=O) groups is 3. The van der Waals surface area contributed by atoms with E-state index in [0.29, 0.717) is 46.2 Å². The van der Waals surface area contributed by atoms with Gasteiger partial charge < -0.3 is 20.5 Å². The maximum absolute atomic E-state index is 13.6. The maximum Gasteiger partial charge on any atom is 0.271 e. The van der Waals surface area contributed by atoms with Gasteiger partial charge in [-0.25, -0.2) is 0 Å². The number of fused-ring (bicyclic) bond motifs is 2. The van der Waals surface area contributed by atoms with Gasteiger partial charge in [0.1, 0.15) is 17.8 Å². The lowest BCUT2D eigenvalue weighted by atomic mass is 9.92. The molecule has 2 saturated heterocycles. The maximum atomic E-state index is 13.6. The van der Waals surface area contributed by atoms with Gasteiger partial charge >= 0.3 is 0 Å². The summed E-state index contributed by atoms with van der Waals surface area (Å²) in [5.74, 6) is -0.663. The third-order valence-electron chi connectivity index (χ3n) is 7.46. The minimum atomic E-state index is -0.784. The van der Waals surface area contributed by atoms with Crippen LogP contribution in [0.2, 0.25) is 10.0 Å². The number of hydrogen-bond acceptors (Lipinski definition) is 4. The molecule has 3 amide bonds. The molecule has 3 fully saturated rings. The van der Waals surface area contributed by atoms with Crippen LogP contribution in [0.15, 0.2) is 18.2 Å². The molecule has 2 aliphatic heterocycles. The zero-order valence-corrected chi connectivity index (χ0v) is 20.0. The predicted octanol–water partition coefficient (Wildman–Crippen LogP) is 3.25. The van der Waals surface area contributed by atoms with Crippen LogP contribution >= 0.6 is 23.2 Å². The number of halogens is 2. The van der Waals surface area contributed by atoms with E-state index in [4.69, 9.17) is 23.2 Å². The summed E-state index contributed by atoms with van der Waals surface area (Å²) in [6, 6.07) is 5.70. The van der Waals surface area contributed by atoms with E-state index in [9.17, 15) is 19.6 Å². The van der Waals surface area contributed by atoms with Crippen LogP contribution in [-0.4, -0.2) is 52.8 Å². The first kappa shape index (κ1) is 23.0. The normalized spacial score (nSPS) is 26.9. The topological polar surface area (TPSA) is 118 Å². The first-order chi connectivity index (χ1) is 16.4. The highest BCUT2D eigenvalue weighted by Gasteiger charge is 2.50. The molecule has 1 saturated carbocycles. The molecule has 178 valence electrons. The number of aromatic amines is 1. The van der Waals surface area contributed by atoms with Gasteiger partial charge in [-0.3, -0.25) is 14.4 Å². The molecular weight excluding hydrogens is 477 g/mol. The standard InChI is InChI=1S/C24H25Cl2N5O3/c25-14-7-18(26)17-9-20(30-19(17)8-14)24(34)31-11-13-2-1-3-16(13)21(31)23(33)29-15(10-27)6-12-4-5-28-22(12)32/h7-9,12-13,15-16,21,30H,1-6,11H2,(H,28,32)(H,29,33). The van der Waals surface area contributed by atoms with Crippen molar-refractivity contribution in [2.75, 3.05) is 13.1 Å². The van der Waals surface area contributed by atoms with Gasteiger partial charge in [0.25, 0.3) is 5.91 Å². The highest BCUT2D eigenvalue weighted by molar-refractivity contribution is 6.38. The number of H-pyrrole nitrogens is 1. The van der Waals surface area contributed by atoms with Gasteiger partial charge in [-0.15, -0.1) is 0 Å². The molecule has 10 heteroatoms. The van der Waals surface area contributed by atoms with Crippen molar-refractivity contribution in [3.8, 4) is 6.07 Å². The van der Waals surface area contributed by atoms with E-state index in [0.717, 1.165) is 19.3 Å². The molecule has 0 spiro atoms. The van der Waals surface area contributed by atoms with E-state index in [1.54, 1.807) is 23.1 Å². The Morgan fingerprint density at radius 1 is 1.24 bits per heavy atom. The zero-order chi connectivity index (χ0) is 24.0. The molecule has 1 aromatic carbocycles.